The topological polar surface area (TPSA) is 107 Å². The van der Waals surface area contributed by atoms with Crippen molar-refractivity contribution in [3.05, 3.63) is 65.7 Å². The fourth-order valence-corrected chi connectivity index (χ4v) is 2.04. The molecule has 4 N–H and O–H groups in total. The van der Waals surface area contributed by atoms with Crippen LogP contribution in [0.3, 0.4) is 0 Å². The third kappa shape index (κ3) is 5.17. The van der Waals surface area contributed by atoms with Crippen LogP contribution in [0.25, 0.3) is 6.08 Å². The summed E-state index contributed by atoms with van der Waals surface area (Å²) in [6.07, 6.45) is 2.86. The zero-order valence-corrected chi connectivity index (χ0v) is 12.7. The minimum atomic E-state index is -1.14. The zero-order valence-electron chi connectivity index (χ0n) is 12.7. The van der Waals surface area contributed by atoms with Crippen molar-refractivity contribution in [1.29, 1.82) is 0 Å². The van der Waals surface area contributed by atoms with Crippen LogP contribution < -0.4 is 5.32 Å². The molecule has 0 bridgehead atoms. The summed E-state index contributed by atoms with van der Waals surface area (Å²) in [4.78, 5) is 23.2. The first-order valence-corrected chi connectivity index (χ1v) is 7.22. The smallest absolute Gasteiger partial charge is 0.326 e. The molecule has 1 unspecified atom stereocenters. The molecular formula is C18H17NO5. The molecule has 2 rings (SSSR count). The van der Waals surface area contributed by atoms with Gasteiger partial charge in [-0.2, -0.15) is 0 Å². The van der Waals surface area contributed by atoms with Crippen molar-refractivity contribution in [3.63, 3.8) is 0 Å². The number of carboxylic acid groups (broad SMARTS) is 1. The summed E-state index contributed by atoms with van der Waals surface area (Å²) >= 11 is 0. The Hall–Kier alpha value is -3.28. The maximum Gasteiger partial charge on any atom is 0.326 e. The molecule has 2 aromatic carbocycles. The average Bonchev–Trinajstić information content (AvgIpc) is 2.55. The molecule has 1 atom stereocenters. The van der Waals surface area contributed by atoms with Crippen LogP contribution in [0.4, 0.5) is 0 Å². The summed E-state index contributed by atoms with van der Waals surface area (Å²) < 4.78 is 0. The molecule has 0 heterocycles. The molecule has 24 heavy (non-hydrogen) atoms. The molecular weight excluding hydrogens is 310 g/mol. The van der Waals surface area contributed by atoms with Crippen molar-refractivity contribution in [3.8, 4) is 11.5 Å². The van der Waals surface area contributed by atoms with Gasteiger partial charge in [-0.1, -0.05) is 24.3 Å². The average molecular weight is 327 g/mol. The third-order valence-corrected chi connectivity index (χ3v) is 3.31. The van der Waals surface area contributed by atoms with Gasteiger partial charge in [0.25, 0.3) is 0 Å². The van der Waals surface area contributed by atoms with Gasteiger partial charge in [-0.3, -0.25) is 4.79 Å². The van der Waals surface area contributed by atoms with Crippen LogP contribution in [0.15, 0.2) is 54.6 Å². The zero-order chi connectivity index (χ0) is 17.5. The number of rotatable bonds is 6. The molecule has 1 amide bonds. The summed E-state index contributed by atoms with van der Waals surface area (Å²) in [6.45, 7) is 0. The van der Waals surface area contributed by atoms with Crippen molar-refractivity contribution < 1.29 is 24.9 Å². The highest BCUT2D eigenvalue weighted by Gasteiger charge is 2.19. The van der Waals surface area contributed by atoms with Crippen LogP contribution >= 0.6 is 0 Å². The Labute approximate surface area is 138 Å². The Morgan fingerprint density at radius 2 is 1.50 bits per heavy atom. The Morgan fingerprint density at radius 1 is 0.958 bits per heavy atom. The molecule has 6 heteroatoms. The van der Waals surface area contributed by atoms with E-state index in [0.29, 0.717) is 11.1 Å². The molecule has 0 saturated carbocycles. The number of carbonyl (C=O) groups excluding carboxylic acids is 1. The third-order valence-electron chi connectivity index (χ3n) is 3.31. The lowest BCUT2D eigenvalue weighted by molar-refractivity contribution is -0.141. The number of nitrogens with one attached hydrogen (secondary N) is 1. The monoisotopic (exact) mass is 327 g/mol. The van der Waals surface area contributed by atoms with E-state index in [-0.39, 0.29) is 17.9 Å². The molecule has 0 aliphatic rings. The summed E-state index contributed by atoms with van der Waals surface area (Å²) in [6, 6.07) is 11.3. The largest absolute Gasteiger partial charge is 0.508 e. The fourth-order valence-electron chi connectivity index (χ4n) is 2.04. The van der Waals surface area contributed by atoms with E-state index in [1.807, 2.05) is 0 Å². The van der Waals surface area contributed by atoms with Gasteiger partial charge >= 0.3 is 5.97 Å². The van der Waals surface area contributed by atoms with Gasteiger partial charge in [0, 0.05) is 12.5 Å². The molecule has 0 saturated heterocycles. The van der Waals surface area contributed by atoms with Gasteiger partial charge in [-0.05, 0) is 41.5 Å². The van der Waals surface area contributed by atoms with Crippen LogP contribution in [0.5, 0.6) is 11.5 Å². The van der Waals surface area contributed by atoms with E-state index in [4.69, 9.17) is 0 Å². The van der Waals surface area contributed by atoms with Gasteiger partial charge in [-0.25, -0.2) is 4.79 Å². The first-order valence-electron chi connectivity index (χ1n) is 7.22. The van der Waals surface area contributed by atoms with Gasteiger partial charge in [0.2, 0.25) is 5.91 Å². The maximum atomic E-state index is 11.9. The van der Waals surface area contributed by atoms with Crippen molar-refractivity contribution in [1.82, 2.24) is 5.32 Å². The van der Waals surface area contributed by atoms with E-state index < -0.39 is 17.9 Å². The second kappa shape index (κ2) is 7.82. The van der Waals surface area contributed by atoms with Gasteiger partial charge in [0.1, 0.15) is 17.5 Å². The van der Waals surface area contributed by atoms with E-state index in [0.717, 1.165) is 0 Å². The molecule has 0 spiro atoms. The van der Waals surface area contributed by atoms with Crippen LogP contribution in [0, 0.1) is 0 Å². The van der Waals surface area contributed by atoms with Crippen LogP contribution in [0.1, 0.15) is 11.1 Å². The lowest BCUT2D eigenvalue weighted by Crippen LogP contribution is -2.41. The van der Waals surface area contributed by atoms with Gasteiger partial charge in [0.15, 0.2) is 0 Å². The minimum absolute atomic E-state index is 0.0893. The van der Waals surface area contributed by atoms with Crippen molar-refractivity contribution in [2.75, 3.05) is 0 Å². The van der Waals surface area contributed by atoms with Crippen molar-refractivity contribution >= 4 is 18.0 Å². The molecule has 0 aliphatic heterocycles. The van der Waals surface area contributed by atoms with E-state index in [1.165, 1.54) is 36.4 Å². The molecule has 0 aromatic heterocycles. The predicted molar refractivity (Wildman–Crippen MR) is 88.5 cm³/mol. The quantitative estimate of drug-likeness (QED) is 0.607. The highest BCUT2D eigenvalue weighted by molar-refractivity contribution is 5.94. The molecule has 124 valence electrons. The predicted octanol–water partition coefficient (Wildman–Crippen LogP) is 1.92. The number of phenols is 2. The van der Waals surface area contributed by atoms with Crippen LogP contribution in [-0.4, -0.2) is 33.2 Å². The molecule has 2 aromatic rings. The Kier molecular flexibility index (Phi) is 5.57. The summed E-state index contributed by atoms with van der Waals surface area (Å²) in [5.74, 6) is -1.47. The van der Waals surface area contributed by atoms with E-state index in [1.54, 1.807) is 24.3 Å². The molecule has 6 nitrogen and oxygen atoms in total. The highest BCUT2D eigenvalue weighted by atomic mass is 16.4. The molecule has 0 fully saturated rings. The summed E-state index contributed by atoms with van der Waals surface area (Å²) in [5, 5.41) is 30.1. The number of hydrogen-bond donors (Lipinski definition) is 4. The Balaban J connectivity index is 1.99. The maximum absolute atomic E-state index is 11.9. The second-order valence-corrected chi connectivity index (χ2v) is 5.19. The summed E-state index contributed by atoms with van der Waals surface area (Å²) in [5.41, 5.74) is 1.39. The fraction of sp³-hybridized carbons (Fsp3) is 0.111. The highest BCUT2D eigenvalue weighted by Crippen LogP contribution is 2.12. The van der Waals surface area contributed by atoms with E-state index >= 15 is 0 Å². The van der Waals surface area contributed by atoms with E-state index in [2.05, 4.69) is 5.32 Å². The SMILES string of the molecule is O=C(/C=C/c1ccc(O)cc1)NC(Cc1ccc(O)cc1)C(=O)O. The number of aliphatic carboxylic acids is 1. The van der Waals surface area contributed by atoms with Crippen molar-refractivity contribution in [2.24, 2.45) is 0 Å². The van der Waals surface area contributed by atoms with Gasteiger partial charge in [0.05, 0.1) is 0 Å². The molecule has 0 aliphatic carbocycles. The van der Waals surface area contributed by atoms with E-state index in [9.17, 15) is 24.9 Å². The number of benzene rings is 2. The van der Waals surface area contributed by atoms with Gasteiger partial charge < -0.3 is 20.6 Å². The summed E-state index contributed by atoms with van der Waals surface area (Å²) in [7, 11) is 0. The lowest BCUT2D eigenvalue weighted by atomic mass is 10.1. The number of aromatic hydroxyl groups is 2. The van der Waals surface area contributed by atoms with Crippen LogP contribution in [0.2, 0.25) is 0 Å². The normalized spacial score (nSPS) is 12.0. The van der Waals surface area contributed by atoms with Crippen LogP contribution in [-0.2, 0) is 16.0 Å². The Bertz CT molecular complexity index is 735. The Morgan fingerprint density at radius 3 is 2.04 bits per heavy atom. The number of carboxylic acids is 1. The first kappa shape index (κ1) is 17.1. The number of hydrogen-bond acceptors (Lipinski definition) is 4. The van der Waals surface area contributed by atoms with Gasteiger partial charge in [-0.15, -0.1) is 0 Å². The lowest BCUT2D eigenvalue weighted by Gasteiger charge is -2.13. The molecule has 0 radical (unpaired) electrons. The first-order chi connectivity index (χ1) is 11.4. The number of phenolic OH excluding ortho intramolecular Hbond substituents is 2. The second-order valence-electron chi connectivity index (χ2n) is 5.19. The van der Waals surface area contributed by atoms with Crippen molar-refractivity contribution in [2.45, 2.75) is 12.5 Å². The standard InChI is InChI=1S/C18H17NO5/c20-14-6-1-12(2-7-14)5-10-17(22)19-16(18(23)24)11-13-3-8-15(21)9-4-13/h1-10,16,20-21H,11H2,(H,19,22)(H,23,24)/b10-5+. The number of amides is 1. The number of carbonyl (C=O) groups is 2. The minimum Gasteiger partial charge on any atom is -0.508 e.